The molecule has 130 valence electrons. The smallest absolute Gasteiger partial charge is 0.123 e. The lowest BCUT2D eigenvalue weighted by atomic mass is 10.0. The number of aromatic nitrogens is 2. The van der Waals surface area contributed by atoms with Gasteiger partial charge in [0.2, 0.25) is 0 Å². The number of benzene rings is 2. The van der Waals surface area contributed by atoms with Crippen molar-refractivity contribution in [2.45, 2.75) is 51.5 Å². The first-order valence-electron chi connectivity index (χ1n) is 9.59. The molecule has 1 fully saturated rings. The zero-order chi connectivity index (χ0) is 17.1. The summed E-state index contributed by atoms with van der Waals surface area (Å²) >= 11 is 0. The Labute approximate surface area is 149 Å². The summed E-state index contributed by atoms with van der Waals surface area (Å²) in [6, 6.07) is 13.6. The number of aryl methyl sites for hydroxylation is 1. The first-order valence-corrected chi connectivity index (χ1v) is 9.59. The normalized spacial score (nSPS) is 19.3. The van der Waals surface area contributed by atoms with E-state index in [0.717, 1.165) is 18.1 Å². The lowest BCUT2D eigenvalue weighted by molar-refractivity contribution is 0.474. The van der Waals surface area contributed by atoms with Gasteiger partial charge in [-0.05, 0) is 43.1 Å². The van der Waals surface area contributed by atoms with Crippen LogP contribution in [0.2, 0.25) is 0 Å². The van der Waals surface area contributed by atoms with Crippen molar-refractivity contribution in [2.24, 2.45) is 0 Å². The molecule has 2 aromatic carbocycles. The fraction of sp³-hybridized carbons (Fsp3) is 0.409. The quantitative estimate of drug-likeness (QED) is 0.648. The van der Waals surface area contributed by atoms with Crippen LogP contribution in [-0.4, -0.2) is 16.5 Å². The SMILES string of the molecule is Cc1ccc2cc(-c3cnc(C4CCCCCCCN4)[nH]3)ccc2c1. The summed E-state index contributed by atoms with van der Waals surface area (Å²) in [5, 5.41) is 6.26. The van der Waals surface area contributed by atoms with Gasteiger partial charge < -0.3 is 10.3 Å². The maximum Gasteiger partial charge on any atom is 0.123 e. The fourth-order valence-electron chi connectivity index (χ4n) is 3.81. The molecule has 2 heterocycles. The third kappa shape index (κ3) is 3.77. The molecule has 3 aromatic rings. The lowest BCUT2D eigenvalue weighted by Gasteiger charge is -2.15. The van der Waals surface area contributed by atoms with E-state index in [9.17, 15) is 0 Å². The molecule has 0 spiro atoms. The summed E-state index contributed by atoms with van der Waals surface area (Å²) < 4.78 is 0. The number of H-pyrrole nitrogens is 1. The highest BCUT2D eigenvalue weighted by molar-refractivity contribution is 5.87. The van der Waals surface area contributed by atoms with Gasteiger partial charge in [-0.1, -0.05) is 61.6 Å². The molecule has 0 saturated carbocycles. The summed E-state index contributed by atoms with van der Waals surface area (Å²) in [5.74, 6) is 1.08. The molecule has 1 aromatic heterocycles. The third-order valence-electron chi connectivity index (χ3n) is 5.29. The van der Waals surface area contributed by atoms with E-state index in [1.54, 1.807) is 0 Å². The van der Waals surface area contributed by atoms with Gasteiger partial charge in [0.15, 0.2) is 0 Å². The van der Waals surface area contributed by atoms with Crippen LogP contribution in [-0.2, 0) is 0 Å². The van der Waals surface area contributed by atoms with Gasteiger partial charge in [-0.2, -0.15) is 0 Å². The largest absolute Gasteiger partial charge is 0.341 e. The minimum Gasteiger partial charge on any atom is -0.341 e. The van der Waals surface area contributed by atoms with E-state index in [1.807, 2.05) is 6.20 Å². The van der Waals surface area contributed by atoms with Crippen molar-refractivity contribution >= 4 is 10.8 Å². The van der Waals surface area contributed by atoms with E-state index in [1.165, 1.54) is 60.4 Å². The number of nitrogens with zero attached hydrogens (tertiary/aromatic N) is 1. The molecule has 3 heteroatoms. The number of hydrogen-bond acceptors (Lipinski definition) is 2. The van der Waals surface area contributed by atoms with E-state index >= 15 is 0 Å². The van der Waals surface area contributed by atoms with Gasteiger partial charge in [-0.15, -0.1) is 0 Å². The van der Waals surface area contributed by atoms with Crippen LogP contribution in [0.1, 0.15) is 56.0 Å². The average Bonchev–Trinajstić information content (AvgIpc) is 3.15. The van der Waals surface area contributed by atoms with Crippen LogP contribution < -0.4 is 5.32 Å². The molecule has 0 amide bonds. The van der Waals surface area contributed by atoms with Gasteiger partial charge in [0.1, 0.15) is 5.82 Å². The molecule has 1 unspecified atom stereocenters. The predicted molar refractivity (Wildman–Crippen MR) is 105 cm³/mol. The van der Waals surface area contributed by atoms with E-state index in [2.05, 4.69) is 53.6 Å². The molecule has 1 aliphatic rings. The topological polar surface area (TPSA) is 40.7 Å². The molecular formula is C22H27N3. The minimum absolute atomic E-state index is 0.356. The molecule has 4 rings (SSSR count). The Morgan fingerprint density at radius 3 is 2.68 bits per heavy atom. The molecule has 0 bridgehead atoms. The highest BCUT2D eigenvalue weighted by atomic mass is 15.0. The van der Waals surface area contributed by atoms with Crippen molar-refractivity contribution in [3.8, 4) is 11.3 Å². The van der Waals surface area contributed by atoms with Gasteiger partial charge in [0.05, 0.1) is 17.9 Å². The van der Waals surface area contributed by atoms with Gasteiger partial charge in [0, 0.05) is 5.56 Å². The monoisotopic (exact) mass is 333 g/mol. The van der Waals surface area contributed by atoms with Crippen LogP contribution in [0.5, 0.6) is 0 Å². The number of rotatable bonds is 2. The second kappa shape index (κ2) is 7.40. The molecule has 2 N–H and O–H groups in total. The molecule has 3 nitrogen and oxygen atoms in total. The maximum absolute atomic E-state index is 4.70. The van der Waals surface area contributed by atoms with Crippen LogP contribution in [0.25, 0.3) is 22.0 Å². The number of aromatic amines is 1. The molecule has 1 aliphatic heterocycles. The van der Waals surface area contributed by atoms with Crippen LogP contribution >= 0.6 is 0 Å². The van der Waals surface area contributed by atoms with Crippen molar-refractivity contribution in [1.29, 1.82) is 0 Å². The summed E-state index contributed by atoms with van der Waals surface area (Å²) in [5.41, 5.74) is 3.62. The number of fused-ring (bicyclic) bond motifs is 1. The van der Waals surface area contributed by atoms with E-state index < -0.39 is 0 Å². The maximum atomic E-state index is 4.70. The predicted octanol–water partition coefficient (Wildman–Crippen LogP) is 5.52. The average molecular weight is 333 g/mol. The van der Waals surface area contributed by atoms with Crippen molar-refractivity contribution in [1.82, 2.24) is 15.3 Å². The highest BCUT2D eigenvalue weighted by Crippen LogP contribution is 2.26. The first kappa shape index (κ1) is 16.3. The lowest BCUT2D eigenvalue weighted by Crippen LogP contribution is -2.23. The van der Waals surface area contributed by atoms with Crippen LogP contribution in [0, 0.1) is 6.92 Å². The van der Waals surface area contributed by atoms with Gasteiger partial charge >= 0.3 is 0 Å². The van der Waals surface area contributed by atoms with E-state index in [4.69, 9.17) is 4.98 Å². The summed E-state index contributed by atoms with van der Waals surface area (Å²) in [6.07, 6.45) is 9.77. The second-order valence-corrected chi connectivity index (χ2v) is 7.31. The van der Waals surface area contributed by atoms with Gasteiger partial charge in [-0.25, -0.2) is 4.98 Å². The Kier molecular flexibility index (Phi) is 4.84. The molecule has 0 radical (unpaired) electrons. The number of hydrogen-bond donors (Lipinski definition) is 2. The standard InChI is InChI=1S/C22H27N3/c1-16-8-9-18-14-19(11-10-17(18)13-16)21-15-24-22(25-21)20-7-5-3-2-4-6-12-23-20/h8-11,13-15,20,23H,2-7,12H2,1H3,(H,24,25). The van der Waals surface area contributed by atoms with Crippen LogP contribution in [0.3, 0.4) is 0 Å². The Morgan fingerprint density at radius 2 is 1.72 bits per heavy atom. The van der Waals surface area contributed by atoms with Crippen molar-refractivity contribution in [2.75, 3.05) is 6.54 Å². The Balaban J connectivity index is 1.58. The molecule has 0 aliphatic carbocycles. The summed E-state index contributed by atoms with van der Waals surface area (Å²) in [7, 11) is 0. The molecule has 1 atom stereocenters. The van der Waals surface area contributed by atoms with Gasteiger partial charge in [0.25, 0.3) is 0 Å². The van der Waals surface area contributed by atoms with Crippen molar-refractivity contribution in [3.05, 3.63) is 54.0 Å². The fourth-order valence-corrected chi connectivity index (χ4v) is 3.81. The summed E-state index contributed by atoms with van der Waals surface area (Å²) in [6.45, 7) is 3.23. The zero-order valence-corrected chi connectivity index (χ0v) is 15.0. The summed E-state index contributed by atoms with van der Waals surface area (Å²) in [4.78, 5) is 8.27. The van der Waals surface area contributed by atoms with Crippen molar-refractivity contribution < 1.29 is 0 Å². The van der Waals surface area contributed by atoms with Crippen molar-refractivity contribution in [3.63, 3.8) is 0 Å². The Bertz CT molecular complexity index is 839. The molecule has 1 saturated heterocycles. The molecular weight excluding hydrogens is 306 g/mol. The van der Waals surface area contributed by atoms with Gasteiger partial charge in [-0.3, -0.25) is 0 Å². The van der Waals surface area contributed by atoms with E-state index in [-0.39, 0.29) is 0 Å². The van der Waals surface area contributed by atoms with E-state index in [0.29, 0.717) is 6.04 Å². The third-order valence-corrected chi connectivity index (χ3v) is 5.29. The van der Waals surface area contributed by atoms with Crippen LogP contribution in [0.15, 0.2) is 42.6 Å². The number of imidazole rings is 1. The Morgan fingerprint density at radius 1 is 0.920 bits per heavy atom. The first-order chi connectivity index (χ1) is 12.3. The Hall–Kier alpha value is -2.13. The second-order valence-electron chi connectivity index (χ2n) is 7.31. The number of nitrogens with one attached hydrogen (secondary N) is 2. The minimum atomic E-state index is 0.356. The zero-order valence-electron chi connectivity index (χ0n) is 15.0. The molecule has 25 heavy (non-hydrogen) atoms. The van der Waals surface area contributed by atoms with Crippen LogP contribution in [0.4, 0.5) is 0 Å². The highest BCUT2D eigenvalue weighted by Gasteiger charge is 2.16.